The first-order chi connectivity index (χ1) is 33.8. The fraction of sp³-hybridized carbons (Fsp3) is 0.537. The molecule has 0 spiro atoms. The lowest BCUT2D eigenvalue weighted by atomic mass is 9.49. The Morgan fingerprint density at radius 3 is 2.22 bits per heavy atom. The van der Waals surface area contributed by atoms with Crippen LogP contribution in [0.3, 0.4) is 0 Å². The molecule has 4 N–H and O–H groups in total. The van der Waals surface area contributed by atoms with Crippen LogP contribution < -0.4 is 25.6 Å². The molecule has 2 aliphatic heterocycles. The number of nitrogens with one attached hydrogen (secondary N) is 3. The lowest BCUT2D eigenvalue weighted by Gasteiger charge is -2.63. The molecular weight excluding hydrogens is 954 g/mol. The summed E-state index contributed by atoms with van der Waals surface area (Å²) in [6.45, 7) is 24.6. The number of aliphatic hydroxyl groups is 1. The van der Waals surface area contributed by atoms with Crippen LogP contribution in [0.2, 0.25) is 5.02 Å². The number of nitrogens with zero attached hydrogens (tertiary/aromatic N) is 6. The number of ether oxygens (including phenoxy) is 2. The second-order valence-corrected chi connectivity index (χ2v) is 23.7. The second-order valence-electron chi connectivity index (χ2n) is 22.4. The highest BCUT2D eigenvalue weighted by Gasteiger charge is 2.64. The van der Waals surface area contributed by atoms with E-state index in [4.69, 9.17) is 21.1 Å². The van der Waals surface area contributed by atoms with Crippen LogP contribution in [-0.4, -0.2) is 130 Å². The number of aliphatic hydroxyl groups excluding tert-OH is 1. The van der Waals surface area contributed by atoms with Crippen LogP contribution >= 0.6 is 22.9 Å². The molecule has 18 heteroatoms. The maximum Gasteiger partial charge on any atom is 0.253 e. The summed E-state index contributed by atoms with van der Waals surface area (Å²) >= 11 is 7.84. The van der Waals surface area contributed by atoms with E-state index in [1.165, 1.54) is 4.90 Å². The summed E-state index contributed by atoms with van der Waals surface area (Å²) in [6, 6.07) is 16.3. The Kier molecular flexibility index (Phi) is 16.1. The molecule has 2 saturated heterocycles. The topological polar surface area (TPSA) is 202 Å². The van der Waals surface area contributed by atoms with Crippen molar-refractivity contribution in [1.82, 2.24) is 35.7 Å². The number of carbonyl (C=O) groups is 4. The zero-order valence-electron chi connectivity index (χ0n) is 43.3. The van der Waals surface area contributed by atoms with Crippen molar-refractivity contribution in [2.75, 3.05) is 50.8 Å². The fourth-order valence-corrected chi connectivity index (χ4v) is 11.7. The van der Waals surface area contributed by atoms with E-state index in [1.54, 1.807) is 41.8 Å². The van der Waals surface area contributed by atoms with E-state index < -0.39 is 51.8 Å². The van der Waals surface area contributed by atoms with Gasteiger partial charge in [-0.1, -0.05) is 84.3 Å². The summed E-state index contributed by atoms with van der Waals surface area (Å²) in [5.74, 6) is -0.144. The van der Waals surface area contributed by atoms with Crippen LogP contribution in [0.25, 0.3) is 10.4 Å². The molecular formula is C54H70ClN9O7S. The zero-order chi connectivity index (χ0) is 52.5. The Bertz CT molecular complexity index is 2640. The monoisotopic (exact) mass is 1020 g/mol. The number of pyridine rings is 1. The first kappa shape index (κ1) is 54.1. The van der Waals surface area contributed by atoms with E-state index in [0.717, 1.165) is 40.6 Å². The normalized spacial score (nSPS) is 21.7. The number of hydrogen-bond donors (Lipinski definition) is 4. The summed E-state index contributed by atoms with van der Waals surface area (Å²) in [5.41, 5.74) is 3.32. The van der Waals surface area contributed by atoms with Gasteiger partial charge in [0.1, 0.15) is 42.4 Å². The summed E-state index contributed by atoms with van der Waals surface area (Å²) in [6.07, 6.45) is 0.583. The van der Waals surface area contributed by atoms with Crippen molar-refractivity contribution in [2.24, 2.45) is 16.2 Å². The van der Waals surface area contributed by atoms with Gasteiger partial charge in [0.15, 0.2) is 0 Å². The van der Waals surface area contributed by atoms with Gasteiger partial charge in [0, 0.05) is 74.8 Å². The molecule has 0 unspecified atom stereocenters. The maximum absolute atomic E-state index is 14.3. The van der Waals surface area contributed by atoms with Crippen molar-refractivity contribution < 1.29 is 33.8 Å². The number of benzene rings is 2. The Morgan fingerprint density at radius 2 is 1.64 bits per heavy atom. The van der Waals surface area contributed by atoms with Gasteiger partial charge in [-0.15, -0.1) is 11.3 Å². The third-order valence-electron chi connectivity index (χ3n) is 14.4. The minimum Gasteiger partial charge on any atom is -0.489 e. The number of amides is 4. The van der Waals surface area contributed by atoms with E-state index in [0.29, 0.717) is 41.5 Å². The lowest BCUT2D eigenvalue weighted by Crippen LogP contribution is -2.74. The lowest BCUT2D eigenvalue weighted by molar-refractivity contribution is -0.164. The molecule has 72 heavy (non-hydrogen) atoms. The molecule has 4 aromatic rings. The molecule has 4 heterocycles. The summed E-state index contributed by atoms with van der Waals surface area (Å²) in [5, 5.41) is 29.5. The number of aryl methyl sites for hydroxylation is 1. The van der Waals surface area contributed by atoms with Crippen molar-refractivity contribution in [2.45, 2.75) is 125 Å². The number of piperazine rings is 1. The van der Waals surface area contributed by atoms with Crippen LogP contribution in [0.15, 0.2) is 66.3 Å². The van der Waals surface area contributed by atoms with E-state index in [9.17, 15) is 29.5 Å². The summed E-state index contributed by atoms with van der Waals surface area (Å²) in [4.78, 5) is 71.1. The van der Waals surface area contributed by atoms with Crippen molar-refractivity contribution in [3.05, 3.63) is 93.7 Å². The third-order valence-corrected chi connectivity index (χ3v) is 15.7. The Labute approximate surface area is 432 Å². The summed E-state index contributed by atoms with van der Waals surface area (Å²) in [7, 11) is 0. The van der Waals surface area contributed by atoms with Gasteiger partial charge >= 0.3 is 0 Å². The number of rotatable bonds is 16. The van der Waals surface area contributed by atoms with Crippen molar-refractivity contribution in [1.29, 1.82) is 5.26 Å². The minimum atomic E-state index is -0.986. The van der Waals surface area contributed by atoms with E-state index >= 15 is 0 Å². The second kappa shape index (κ2) is 21.4. The summed E-state index contributed by atoms with van der Waals surface area (Å²) < 4.78 is 12.6. The van der Waals surface area contributed by atoms with Crippen LogP contribution in [0, 0.1) is 34.5 Å². The smallest absolute Gasteiger partial charge is 0.253 e. The number of aromatic nitrogens is 2. The molecule has 4 atom stereocenters. The van der Waals surface area contributed by atoms with Gasteiger partial charge in [-0.25, -0.2) is 9.97 Å². The van der Waals surface area contributed by atoms with Gasteiger partial charge in [0.2, 0.25) is 17.7 Å². The highest BCUT2D eigenvalue weighted by Crippen LogP contribution is 2.55. The van der Waals surface area contributed by atoms with Crippen LogP contribution in [0.4, 0.5) is 5.82 Å². The molecule has 0 radical (unpaired) electrons. The Morgan fingerprint density at radius 1 is 0.958 bits per heavy atom. The first-order valence-electron chi connectivity index (χ1n) is 24.6. The number of thiazole rings is 1. The number of nitriles is 1. The van der Waals surface area contributed by atoms with E-state index in [1.807, 2.05) is 84.3 Å². The number of halogens is 1. The van der Waals surface area contributed by atoms with Gasteiger partial charge < -0.3 is 40.3 Å². The minimum absolute atomic E-state index is 0.0259. The fourth-order valence-electron chi connectivity index (χ4n) is 10.7. The Hall–Kier alpha value is -5.64. The number of hydrogen-bond acceptors (Lipinski definition) is 13. The standard InChI is InChI=1S/C54H70ClN9O7S/c1-32(34-12-14-35(15-13-34)44-33(2)58-31-72-44)59-47(68)41-24-38(65)28-64(41)48(69)45(51(3,4)5)60-43(66)29-70-52(6,7)30-62-20-22-63(23-21-62)42-19-17-37(27-57-42)46(67)61-49-53(8,9)50(54(49,10)11)71-39-18-16-36(26-56)40(55)25-39/h12-19,25,27,31-32,38,41,45,49-50,65H,20-24,28-30H2,1-11H3,(H,59,68)(H,60,66)(H,61,67)/t32-,38+,41-,45+,49-,50-/m0/s1. The Balaban J connectivity index is 0.862. The van der Waals surface area contributed by atoms with Gasteiger partial charge in [-0.3, -0.25) is 24.1 Å². The SMILES string of the molecule is Cc1ncsc1-c1ccc([C@H](C)NC(=O)[C@@H]2C[C@@H](O)CN2C(=O)[C@@H](NC(=O)COC(C)(C)CN2CCN(c3ccc(C(=O)N[C@H]4C(C)(C)[C@H](Oc5ccc(C#N)c(Cl)c5)C4(C)C)cn3)CC2)C(C)(C)C)cc1. The zero-order valence-corrected chi connectivity index (χ0v) is 44.9. The van der Waals surface area contributed by atoms with Crippen molar-refractivity contribution >= 4 is 52.4 Å². The molecule has 386 valence electrons. The molecule has 7 rings (SSSR count). The average Bonchev–Trinajstić information content (AvgIpc) is 3.95. The highest BCUT2D eigenvalue weighted by atomic mass is 35.5. The van der Waals surface area contributed by atoms with Gasteiger partial charge in [-0.2, -0.15) is 5.26 Å². The number of carbonyl (C=O) groups excluding carboxylic acids is 4. The average molecular weight is 1020 g/mol. The molecule has 4 amide bonds. The van der Waals surface area contributed by atoms with Gasteiger partial charge in [0.05, 0.1) is 50.0 Å². The molecule has 1 saturated carbocycles. The molecule has 0 bridgehead atoms. The molecule has 3 fully saturated rings. The van der Waals surface area contributed by atoms with E-state index in [-0.39, 0.29) is 49.6 Å². The van der Waals surface area contributed by atoms with Crippen LogP contribution in [0.1, 0.15) is 109 Å². The highest BCUT2D eigenvalue weighted by molar-refractivity contribution is 7.13. The van der Waals surface area contributed by atoms with Crippen molar-refractivity contribution in [3.8, 4) is 22.3 Å². The van der Waals surface area contributed by atoms with Crippen LogP contribution in [0.5, 0.6) is 5.75 Å². The first-order valence-corrected chi connectivity index (χ1v) is 25.9. The van der Waals surface area contributed by atoms with Crippen molar-refractivity contribution in [3.63, 3.8) is 0 Å². The maximum atomic E-state index is 14.3. The quantitative estimate of drug-likeness (QED) is 0.0903. The largest absolute Gasteiger partial charge is 0.489 e. The molecule has 3 aliphatic rings. The number of β-amino-alcohol motifs (C(OH)–C–C–N with tert-alkyl or cyclic N) is 1. The number of likely N-dealkylation sites (tertiary alicyclic amines) is 1. The number of anilines is 1. The third kappa shape index (κ3) is 12.1. The molecule has 16 nitrogen and oxygen atoms in total. The molecule has 2 aromatic carbocycles. The van der Waals surface area contributed by atoms with Gasteiger partial charge in [0.25, 0.3) is 5.91 Å². The predicted octanol–water partition coefficient (Wildman–Crippen LogP) is 6.94. The van der Waals surface area contributed by atoms with Crippen LogP contribution in [-0.2, 0) is 19.1 Å². The molecule has 1 aliphatic carbocycles. The predicted molar refractivity (Wildman–Crippen MR) is 279 cm³/mol. The van der Waals surface area contributed by atoms with Gasteiger partial charge in [-0.05, 0) is 68.5 Å². The molecule has 2 aromatic heterocycles. The van der Waals surface area contributed by atoms with E-state index in [2.05, 4.69) is 69.5 Å².